The summed E-state index contributed by atoms with van der Waals surface area (Å²) in [5, 5.41) is 5.74. The first-order valence-corrected chi connectivity index (χ1v) is 7.84. The second-order valence-corrected chi connectivity index (χ2v) is 5.51. The number of aryl methyl sites for hydroxylation is 1. The van der Waals surface area contributed by atoms with Crippen molar-refractivity contribution in [2.24, 2.45) is 0 Å². The van der Waals surface area contributed by atoms with Crippen LogP contribution in [-0.2, 0) is 22.6 Å². The molecule has 2 rings (SSSR count). The second kappa shape index (κ2) is 8.98. The van der Waals surface area contributed by atoms with Gasteiger partial charge in [-0.3, -0.25) is 9.59 Å². The van der Waals surface area contributed by atoms with Gasteiger partial charge in [-0.15, -0.1) is 0 Å². The first-order chi connectivity index (χ1) is 11.6. The molecule has 0 aliphatic rings. The number of carbonyl (C=O) groups excluding carboxylic acids is 2. The van der Waals surface area contributed by atoms with E-state index in [0.717, 1.165) is 5.56 Å². The summed E-state index contributed by atoms with van der Waals surface area (Å²) in [4.78, 5) is 23.4. The van der Waals surface area contributed by atoms with Crippen molar-refractivity contribution < 1.29 is 18.7 Å². The molecule has 24 heavy (non-hydrogen) atoms. The molecule has 0 saturated carbocycles. The number of ether oxygens (including phenoxy) is 1. The second-order valence-electron chi connectivity index (χ2n) is 5.10. The summed E-state index contributed by atoms with van der Waals surface area (Å²) in [7, 11) is 1.55. The molecule has 0 aliphatic carbocycles. The first-order valence-electron chi connectivity index (χ1n) is 7.46. The molecule has 0 bridgehead atoms. The van der Waals surface area contributed by atoms with E-state index in [1.54, 1.807) is 31.4 Å². The number of hydrogen-bond acceptors (Lipinski definition) is 4. The minimum atomic E-state index is -0.271. The Hall–Kier alpha value is -2.47. The van der Waals surface area contributed by atoms with Crippen LogP contribution < -0.4 is 15.4 Å². The van der Waals surface area contributed by atoms with Crippen LogP contribution in [0.15, 0.2) is 41.0 Å². The van der Waals surface area contributed by atoms with Gasteiger partial charge in [-0.25, -0.2) is 0 Å². The highest BCUT2D eigenvalue weighted by molar-refractivity contribution is 6.32. The lowest BCUT2D eigenvalue weighted by atomic mass is 10.1. The molecule has 0 atom stereocenters. The third-order valence-corrected chi connectivity index (χ3v) is 3.64. The van der Waals surface area contributed by atoms with Gasteiger partial charge in [0.15, 0.2) is 0 Å². The normalized spacial score (nSPS) is 10.2. The number of methoxy groups -OCH3 is 1. The molecule has 0 fully saturated rings. The van der Waals surface area contributed by atoms with Crippen LogP contribution in [0, 0.1) is 0 Å². The molecule has 2 amide bonds. The summed E-state index contributed by atoms with van der Waals surface area (Å²) in [6.07, 6.45) is 2.34. The van der Waals surface area contributed by atoms with E-state index in [-0.39, 0.29) is 24.8 Å². The van der Waals surface area contributed by atoms with E-state index < -0.39 is 0 Å². The Kier molecular flexibility index (Phi) is 6.69. The SMILES string of the molecule is COc1ccc(CCC(=O)NCC(=O)NCc2ccco2)cc1Cl. The van der Waals surface area contributed by atoms with Gasteiger partial charge >= 0.3 is 0 Å². The van der Waals surface area contributed by atoms with Crippen molar-refractivity contribution in [2.75, 3.05) is 13.7 Å². The molecule has 1 heterocycles. The van der Waals surface area contributed by atoms with Crippen molar-refractivity contribution in [1.29, 1.82) is 0 Å². The van der Waals surface area contributed by atoms with E-state index in [2.05, 4.69) is 10.6 Å². The van der Waals surface area contributed by atoms with Crippen LogP contribution in [0.3, 0.4) is 0 Å². The van der Waals surface area contributed by atoms with Crippen molar-refractivity contribution in [2.45, 2.75) is 19.4 Å². The number of halogens is 1. The summed E-state index contributed by atoms with van der Waals surface area (Å²) < 4.78 is 10.2. The number of carbonyl (C=O) groups is 2. The molecule has 6 nitrogen and oxygen atoms in total. The number of amides is 2. The van der Waals surface area contributed by atoms with Crippen LogP contribution >= 0.6 is 11.6 Å². The summed E-state index contributed by atoms with van der Waals surface area (Å²) in [5.74, 6) is 0.784. The van der Waals surface area contributed by atoms with Gasteiger partial charge < -0.3 is 19.8 Å². The average Bonchev–Trinajstić information content (AvgIpc) is 3.10. The van der Waals surface area contributed by atoms with Gasteiger partial charge in [-0.2, -0.15) is 0 Å². The van der Waals surface area contributed by atoms with E-state index in [1.165, 1.54) is 6.26 Å². The van der Waals surface area contributed by atoms with E-state index in [9.17, 15) is 9.59 Å². The van der Waals surface area contributed by atoms with E-state index in [0.29, 0.717) is 29.5 Å². The maximum Gasteiger partial charge on any atom is 0.239 e. The Morgan fingerprint density at radius 2 is 2.04 bits per heavy atom. The lowest BCUT2D eigenvalue weighted by Crippen LogP contribution is -2.36. The van der Waals surface area contributed by atoms with Crippen LogP contribution in [0.25, 0.3) is 0 Å². The summed E-state index contributed by atoms with van der Waals surface area (Å²) in [6, 6.07) is 8.89. The van der Waals surface area contributed by atoms with E-state index in [4.69, 9.17) is 20.8 Å². The molecule has 1 aromatic carbocycles. The monoisotopic (exact) mass is 350 g/mol. The van der Waals surface area contributed by atoms with Crippen LogP contribution in [0.4, 0.5) is 0 Å². The highest BCUT2D eigenvalue weighted by Crippen LogP contribution is 2.25. The Morgan fingerprint density at radius 1 is 1.21 bits per heavy atom. The van der Waals surface area contributed by atoms with Gasteiger partial charge in [0, 0.05) is 6.42 Å². The van der Waals surface area contributed by atoms with Crippen molar-refractivity contribution in [3.8, 4) is 5.75 Å². The minimum absolute atomic E-state index is 0.0666. The molecule has 2 N–H and O–H groups in total. The molecule has 0 unspecified atom stereocenters. The van der Waals surface area contributed by atoms with Gasteiger partial charge in [0.25, 0.3) is 0 Å². The zero-order chi connectivity index (χ0) is 17.4. The van der Waals surface area contributed by atoms with Crippen LogP contribution in [-0.4, -0.2) is 25.5 Å². The zero-order valence-electron chi connectivity index (χ0n) is 13.3. The summed E-state index contributed by atoms with van der Waals surface area (Å²) >= 11 is 6.04. The highest BCUT2D eigenvalue weighted by Gasteiger charge is 2.08. The third-order valence-electron chi connectivity index (χ3n) is 3.34. The fourth-order valence-corrected chi connectivity index (χ4v) is 2.33. The van der Waals surface area contributed by atoms with Crippen LogP contribution in [0.1, 0.15) is 17.7 Å². The largest absolute Gasteiger partial charge is 0.495 e. The maximum atomic E-state index is 11.8. The van der Waals surface area contributed by atoms with Crippen LogP contribution in [0.2, 0.25) is 5.02 Å². The highest BCUT2D eigenvalue weighted by atomic mass is 35.5. The van der Waals surface area contributed by atoms with Crippen molar-refractivity contribution in [3.63, 3.8) is 0 Å². The first kappa shape index (κ1) is 17.9. The number of furan rings is 1. The molecule has 0 spiro atoms. The fraction of sp³-hybridized carbons (Fsp3) is 0.294. The number of hydrogen-bond donors (Lipinski definition) is 2. The molecular formula is C17H19ClN2O4. The molecule has 128 valence electrons. The Bertz CT molecular complexity index is 686. The van der Waals surface area contributed by atoms with Gasteiger partial charge in [0.05, 0.1) is 31.5 Å². The molecule has 0 radical (unpaired) electrons. The van der Waals surface area contributed by atoms with Gasteiger partial charge in [0.2, 0.25) is 11.8 Å². The summed E-state index contributed by atoms with van der Waals surface area (Å²) in [6.45, 7) is 0.231. The van der Waals surface area contributed by atoms with Gasteiger partial charge in [-0.1, -0.05) is 17.7 Å². The fourth-order valence-electron chi connectivity index (χ4n) is 2.05. The molecule has 0 aliphatic heterocycles. The Balaban J connectivity index is 1.67. The van der Waals surface area contributed by atoms with Gasteiger partial charge in [-0.05, 0) is 36.2 Å². The predicted octanol–water partition coefficient (Wildman–Crippen LogP) is 2.31. The number of benzene rings is 1. The van der Waals surface area contributed by atoms with Crippen LogP contribution in [0.5, 0.6) is 5.75 Å². The number of rotatable bonds is 8. The molecule has 7 heteroatoms. The predicted molar refractivity (Wildman–Crippen MR) is 89.9 cm³/mol. The maximum absolute atomic E-state index is 11.8. The molecule has 1 aromatic heterocycles. The van der Waals surface area contributed by atoms with Gasteiger partial charge in [0.1, 0.15) is 11.5 Å². The molecule has 0 saturated heterocycles. The Morgan fingerprint density at radius 3 is 2.71 bits per heavy atom. The minimum Gasteiger partial charge on any atom is -0.495 e. The third kappa shape index (κ3) is 5.62. The van der Waals surface area contributed by atoms with Crippen molar-refractivity contribution in [3.05, 3.63) is 52.9 Å². The van der Waals surface area contributed by atoms with Crippen molar-refractivity contribution in [1.82, 2.24) is 10.6 Å². The van der Waals surface area contributed by atoms with Crippen molar-refractivity contribution >= 4 is 23.4 Å². The quantitative estimate of drug-likeness (QED) is 0.765. The zero-order valence-corrected chi connectivity index (χ0v) is 14.1. The lowest BCUT2D eigenvalue weighted by Gasteiger charge is -2.07. The lowest BCUT2D eigenvalue weighted by molar-refractivity contribution is -0.126. The number of nitrogens with one attached hydrogen (secondary N) is 2. The topological polar surface area (TPSA) is 80.6 Å². The Labute approximate surface area is 145 Å². The van der Waals surface area contributed by atoms with E-state index >= 15 is 0 Å². The standard InChI is InChI=1S/C17H19ClN2O4/c1-23-15-6-4-12(9-14(15)18)5-7-16(21)20-11-17(22)19-10-13-3-2-8-24-13/h2-4,6,8-9H,5,7,10-11H2,1H3,(H,19,22)(H,20,21). The molecular weight excluding hydrogens is 332 g/mol. The molecule has 2 aromatic rings. The average molecular weight is 351 g/mol. The smallest absolute Gasteiger partial charge is 0.239 e. The summed E-state index contributed by atoms with van der Waals surface area (Å²) in [5.41, 5.74) is 0.929. The van der Waals surface area contributed by atoms with E-state index in [1.807, 2.05) is 6.07 Å².